The maximum absolute atomic E-state index is 12.8. The second kappa shape index (κ2) is 6.55. The molecule has 1 saturated heterocycles. The number of fused-ring (bicyclic) bond motifs is 1. The molecule has 5 heteroatoms. The average Bonchev–Trinajstić information content (AvgIpc) is 2.68. The predicted octanol–water partition coefficient (Wildman–Crippen LogP) is 2.40. The van der Waals surface area contributed by atoms with Gasteiger partial charge in [0.05, 0.1) is 18.9 Å². The van der Waals surface area contributed by atoms with Crippen molar-refractivity contribution in [2.75, 3.05) is 31.3 Å². The number of morpholine rings is 1. The Balaban J connectivity index is 1.71. The quantitative estimate of drug-likeness (QED) is 0.815. The fourth-order valence-corrected chi connectivity index (χ4v) is 3.14. The highest BCUT2D eigenvalue weighted by Gasteiger charge is 2.35. The van der Waals surface area contributed by atoms with Gasteiger partial charge in [-0.25, -0.2) is 5.01 Å². The van der Waals surface area contributed by atoms with Crippen molar-refractivity contribution in [3.8, 4) is 0 Å². The maximum atomic E-state index is 12.8. The van der Waals surface area contributed by atoms with E-state index in [1.165, 1.54) is 0 Å². The summed E-state index contributed by atoms with van der Waals surface area (Å²) in [5.74, 6) is -0.0125. The molecule has 122 valence electrons. The van der Waals surface area contributed by atoms with E-state index in [2.05, 4.69) is 4.90 Å². The SMILES string of the molecule is O=C(C1=NN(c2ccccc2)C2COCCN2C1)c1ccccc1. The van der Waals surface area contributed by atoms with E-state index >= 15 is 0 Å². The highest BCUT2D eigenvalue weighted by molar-refractivity contribution is 6.47. The molecule has 2 aliphatic rings. The van der Waals surface area contributed by atoms with Gasteiger partial charge in [0.1, 0.15) is 11.9 Å². The molecule has 24 heavy (non-hydrogen) atoms. The zero-order valence-electron chi connectivity index (χ0n) is 13.3. The summed E-state index contributed by atoms with van der Waals surface area (Å²) in [5.41, 5.74) is 2.22. The highest BCUT2D eigenvalue weighted by atomic mass is 16.5. The number of hydrogen-bond donors (Lipinski definition) is 0. The van der Waals surface area contributed by atoms with Crippen LogP contribution in [0.1, 0.15) is 10.4 Å². The molecule has 1 fully saturated rings. The number of ether oxygens (including phenoxy) is 1. The van der Waals surface area contributed by atoms with Gasteiger partial charge in [-0.05, 0) is 12.1 Å². The van der Waals surface area contributed by atoms with Crippen LogP contribution in [0, 0.1) is 0 Å². The Hall–Kier alpha value is -2.50. The van der Waals surface area contributed by atoms with E-state index in [0.29, 0.717) is 31.0 Å². The van der Waals surface area contributed by atoms with Crippen molar-refractivity contribution in [1.82, 2.24) is 4.90 Å². The molecule has 0 saturated carbocycles. The summed E-state index contributed by atoms with van der Waals surface area (Å²) in [4.78, 5) is 15.1. The first-order valence-corrected chi connectivity index (χ1v) is 8.16. The van der Waals surface area contributed by atoms with E-state index in [9.17, 15) is 4.79 Å². The smallest absolute Gasteiger partial charge is 0.210 e. The zero-order valence-corrected chi connectivity index (χ0v) is 13.3. The first-order valence-electron chi connectivity index (χ1n) is 8.16. The second-order valence-corrected chi connectivity index (χ2v) is 5.95. The third kappa shape index (κ3) is 2.84. The van der Waals surface area contributed by atoms with Crippen LogP contribution in [0.2, 0.25) is 0 Å². The fourth-order valence-electron chi connectivity index (χ4n) is 3.14. The summed E-state index contributed by atoms with van der Waals surface area (Å²) < 4.78 is 5.63. The molecule has 0 bridgehead atoms. The van der Waals surface area contributed by atoms with Gasteiger partial charge < -0.3 is 4.74 Å². The summed E-state index contributed by atoms with van der Waals surface area (Å²) in [5, 5.41) is 6.61. The number of hydrogen-bond acceptors (Lipinski definition) is 5. The molecular weight excluding hydrogens is 302 g/mol. The molecule has 2 aromatic carbocycles. The summed E-state index contributed by atoms with van der Waals surface area (Å²) in [6, 6.07) is 19.3. The van der Waals surface area contributed by atoms with Crippen molar-refractivity contribution in [2.24, 2.45) is 5.10 Å². The van der Waals surface area contributed by atoms with Crippen LogP contribution in [0.25, 0.3) is 0 Å². The Labute approximate surface area is 141 Å². The van der Waals surface area contributed by atoms with Crippen molar-refractivity contribution in [3.63, 3.8) is 0 Å². The molecule has 0 aromatic heterocycles. The first-order chi connectivity index (χ1) is 11.8. The van der Waals surface area contributed by atoms with Crippen molar-refractivity contribution in [2.45, 2.75) is 6.17 Å². The fraction of sp³-hybridized carbons (Fsp3) is 0.263. The Kier molecular flexibility index (Phi) is 4.11. The van der Waals surface area contributed by atoms with E-state index < -0.39 is 0 Å². The molecule has 1 atom stereocenters. The van der Waals surface area contributed by atoms with Gasteiger partial charge in [-0.3, -0.25) is 9.69 Å². The Morgan fingerprint density at radius 2 is 1.75 bits per heavy atom. The van der Waals surface area contributed by atoms with Crippen LogP contribution in [-0.2, 0) is 4.74 Å². The molecule has 2 aromatic rings. The number of nitrogens with zero attached hydrogens (tertiary/aromatic N) is 3. The number of anilines is 1. The van der Waals surface area contributed by atoms with Crippen LogP contribution in [0.3, 0.4) is 0 Å². The average molecular weight is 321 g/mol. The van der Waals surface area contributed by atoms with Crippen LogP contribution in [-0.4, -0.2) is 48.9 Å². The lowest BCUT2D eigenvalue weighted by Gasteiger charge is -2.44. The summed E-state index contributed by atoms with van der Waals surface area (Å²) in [6.45, 7) is 2.64. The van der Waals surface area contributed by atoms with Gasteiger partial charge in [-0.1, -0.05) is 48.5 Å². The molecule has 2 aliphatic heterocycles. The van der Waals surface area contributed by atoms with Gasteiger partial charge in [-0.2, -0.15) is 5.10 Å². The molecule has 1 unspecified atom stereocenters. The van der Waals surface area contributed by atoms with Gasteiger partial charge in [0.2, 0.25) is 5.78 Å². The van der Waals surface area contributed by atoms with Crippen LogP contribution < -0.4 is 5.01 Å². The molecule has 0 radical (unpaired) electrons. The summed E-state index contributed by atoms with van der Waals surface area (Å²) >= 11 is 0. The van der Waals surface area contributed by atoms with E-state index in [-0.39, 0.29) is 11.9 Å². The standard InChI is InChI=1S/C19H19N3O2/c23-19(15-7-3-1-4-8-15)17-13-21-11-12-24-14-18(21)22(20-17)16-9-5-2-6-10-16/h1-10,18H,11-14H2. The zero-order chi connectivity index (χ0) is 16.4. The molecule has 4 rings (SSSR count). The number of carbonyl (C=O) groups is 1. The van der Waals surface area contributed by atoms with Crippen molar-refractivity contribution in [3.05, 3.63) is 66.2 Å². The maximum Gasteiger partial charge on any atom is 0.210 e. The predicted molar refractivity (Wildman–Crippen MR) is 93.3 cm³/mol. The second-order valence-electron chi connectivity index (χ2n) is 5.95. The third-order valence-corrected chi connectivity index (χ3v) is 4.39. The molecule has 0 aliphatic carbocycles. The van der Waals surface area contributed by atoms with Gasteiger partial charge in [0.15, 0.2) is 0 Å². The minimum absolute atomic E-state index is 0.0125. The Morgan fingerprint density at radius 1 is 1.04 bits per heavy atom. The third-order valence-electron chi connectivity index (χ3n) is 4.39. The minimum atomic E-state index is -0.0125. The molecule has 5 nitrogen and oxygen atoms in total. The highest BCUT2D eigenvalue weighted by Crippen LogP contribution is 2.25. The van der Waals surface area contributed by atoms with Crippen molar-refractivity contribution in [1.29, 1.82) is 0 Å². The van der Waals surface area contributed by atoms with E-state index in [0.717, 1.165) is 12.2 Å². The van der Waals surface area contributed by atoms with Crippen molar-refractivity contribution < 1.29 is 9.53 Å². The van der Waals surface area contributed by atoms with Gasteiger partial charge in [0, 0.05) is 18.7 Å². The van der Waals surface area contributed by atoms with E-state index in [1.807, 2.05) is 65.7 Å². The number of ketones is 1. The molecule has 0 spiro atoms. The number of carbonyl (C=O) groups excluding carboxylic acids is 1. The van der Waals surface area contributed by atoms with Crippen molar-refractivity contribution >= 4 is 17.2 Å². The van der Waals surface area contributed by atoms with E-state index in [4.69, 9.17) is 9.84 Å². The van der Waals surface area contributed by atoms with Gasteiger partial charge in [-0.15, -0.1) is 0 Å². The van der Waals surface area contributed by atoms with E-state index in [1.54, 1.807) is 0 Å². The van der Waals surface area contributed by atoms with Gasteiger partial charge in [0.25, 0.3) is 0 Å². The van der Waals surface area contributed by atoms with Crippen LogP contribution in [0.4, 0.5) is 5.69 Å². The molecular formula is C19H19N3O2. The topological polar surface area (TPSA) is 45.1 Å². The monoisotopic (exact) mass is 321 g/mol. The minimum Gasteiger partial charge on any atom is -0.376 e. The van der Waals surface area contributed by atoms with Crippen LogP contribution in [0.15, 0.2) is 65.8 Å². The number of hydrazone groups is 1. The van der Waals surface area contributed by atoms with Crippen LogP contribution in [0.5, 0.6) is 0 Å². The lowest BCUT2D eigenvalue weighted by atomic mass is 10.1. The summed E-state index contributed by atoms with van der Waals surface area (Å²) in [6.07, 6.45) is 0.0356. The lowest BCUT2D eigenvalue weighted by molar-refractivity contribution is -0.00407. The first kappa shape index (κ1) is 15.1. The summed E-state index contributed by atoms with van der Waals surface area (Å²) in [7, 11) is 0. The Morgan fingerprint density at radius 3 is 2.50 bits per heavy atom. The van der Waals surface area contributed by atoms with Gasteiger partial charge >= 0.3 is 0 Å². The Bertz CT molecular complexity index is 746. The normalized spacial score (nSPS) is 21.1. The number of benzene rings is 2. The molecule has 2 heterocycles. The lowest BCUT2D eigenvalue weighted by Crippen LogP contribution is -2.59. The number of para-hydroxylation sites is 1. The molecule has 0 amide bonds. The molecule has 0 N–H and O–H groups in total. The number of Topliss-reactive ketones (excluding diaryl/α,β-unsaturated/α-hetero) is 1. The number of rotatable bonds is 3. The van der Waals surface area contributed by atoms with Crippen LogP contribution >= 0.6 is 0 Å². The largest absolute Gasteiger partial charge is 0.376 e.